The summed E-state index contributed by atoms with van der Waals surface area (Å²) in [5.74, 6) is 6.51. The van der Waals surface area contributed by atoms with Crippen molar-refractivity contribution >= 4 is 58.1 Å². The minimum atomic E-state index is 0. The lowest BCUT2D eigenvalue weighted by Gasteiger charge is -2.32. The fourth-order valence-electron chi connectivity index (χ4n) is 16.2. The van der Waals surface area contributed by atoms with Crippen LogP contribution in [0.15, 0.2) is 147 Å². The molecule has 3 aliphatic carbocycles. The van der Waals surface area contributed by atoms with Gasteiger partial charge in [0, 0.05) is 108 Å². The van der Waals surface area contributed by atoms with E-state index >= 15 is 0 Å². The molecule has 9 heterocycles. The third-order valence-electron chi connectivity index (χ3n) is 20.9. The Balaban J connectivity index is 0.000000154. The standard InChI is InChI=1S/C26H31ClN4.2C26H29ClN4.3CH4/c3*1-18-29-13-15-31(18)14-3-4-20-16-21-17-22(27)6-7-23(21)25(19-8-11-28-12-9-19)26-24(20)5-2-10-30-26;;;/h2,5-7,10,13,15,17,19-20,25,28H,3-4,8-9,11-12,14,16H2,1H3;2*2,5-7,10,13,15-17,19,25,28H,3-4,8-9,11-12,14H2,1H3;3*1H4. The number of fused-ring (bicyclic) bond motifs is 6. The largest absolute Gasteiger partial charge is 0.335 e. The monoisotopic (exact) mass is 1350 g/mol. The highest BCUT2D eigenvalue weighted by Crippen LogP contribution is 2.49. The van der Waals surface area contributed by atoms with E-state index in [9.17, 15) is 0 Å². The molecule has 15 heteroatoms. The quantitative estimate of drug-likeness (QED) is 0.0919. The van der Waals surface area contributed by atoms with Gasteiger partial charge < -0.3 is 29.7 Å². The molecule has 3 aromatic carbocycles. The van der Waals surface area contributed by atoms with E-state index in [4.69, 9.17) is 49.8 Å². The molecule has 0 saturated carbocycles. The highest BCUT2D eigenvalue weighted by molar-refractivity contribution is 6.31. The molecular formula is C81H101Cl3N12. The van der Waals surface area contributed by atoms with Crippen molar-refractivity contribution in [1.29, 1.82) is 0 Å². The highest BCUT2D eigenvalue weighted by Gasteiger charge is 2.37. The molecule has 12 nitrogen and oxygen atoms in total. The van der Waals surface area contributed by atoms with E-state index in [2.05, 4.69) is 175 Å². The molecule has 3 saturated heterocycles. The summed E-state index contributed by atoms with van der Waals surface area (Å²) in [4.78, 5) is 28.0. The molecule has 0 bridgehead atoms. The van der Waals surface area contributed by atoms with Crippen molar-refractivity contribution in [3.63, 3.8) is 0 Å². The third kappa shape index (κ3) is 16.6. The van der Waals surface area contributed by atoms with Crippen molar-refractivity contribution < 1.29 is 0 Å². The normalized spacial score (nSPS) is 19.0. The van der Waals surface area contributed by atoms with E-state index in [1.165, 1.54) is 117 Å². The Morgan fingerprint density at radius 3 is 1.23 bits per heavy atom. The fourth-order valence-corrected chi connectivity index (χ4v) is 16.7. The third-order valence-corrected chi connectivity index (χ3v) is 21.6. The van der Waals surface area contributed by atoms with Gasteiger partial charge in [0.25, 0.3) is 0 Å². The molecule has 0 amide bonds. The van der Waals surface area contributed by atoms with E-state index in [1.807, 2.05) is 49.3 Å². The van der Waals surface area contributed by atoms with Crippen molar-refractivity contribution in [3.05, 3.63) is 246 Å². The summed E-state index contributed by atoms with van der Waals surface area (Å²) in [5.41, 5.74) is 18.7. The molecule has 3 aliphatic heterocycles. The molecule has 4 atom stereocenters. The maximum Gasteiger partial charge on any atom is 0.105 e. The number of pyridine rings is 3. The van der Waals surface area contributed by atoms with Crippen LogP contribution < -0.4 is 16.0 Å². The van der Waals surface area contributed by atoms with Crippen LogP contribution in [0.3, 0.4) is 0 Å². The van der Waals surface area contributed by atoms with E-state index in [0.717, 1.165) is 136 Å². The van der Waals surface area contributed by atoms with Crippen LogP contribution in [0.25, 0.3) is 23.3 Å². The molecule has 506 valence electrons. The molecule has 9 aromatic rings. The van der Waals surface area contributed by atoms with Gasteiger partial charge in [0.05, 0.1) is 17.1 Å². The topological polar surface area (TPSA) is 128 Å². The first-order chi connectivity index (χ1) is 45.6. The van der Waals surface area contributed by atoms with E-state index in [1.54, 1.807) is 0 Å². The van der Waals surface area contributed by atoms with E-state index < -0.39 is 0 Å². The zero-order valence-corrected chi connectivity index (χ0v) is 56.5. The van der Waals surface area contributed by atoms with Crippen LogP contribution in [0.2, 0.25) is 15.1 Å². The van der Waals surface area contributed by atoms with Crippen LogP contribution >= 0.6 is 34.8 Å². The smallest absolute Gasteiger partial charge is 0.105 e. The summed E-state index contributed by atoms with van der Waals surface area (Å²) < 4.78 is 6.71. The van der Waals surface area contributed by atoms with Crippen LogP contribution in [0.4, 0.5) is 0 Å². The van der Waals surface area contributed by atoms with Crippen molar-refractivity contribution in [2.24, 2.45) is 17.8 Å². The number of nitrogens with zero attached hydrogens (tertiary/aromatic N) is 9. The number of nitrogens with one attached hydrogen (secondary N) is 3. The lowest BCUT2D eigenvalue weighted by Crippen LogP contribution is -2.32. The number of rotatable bonds is 15. The summed E-state index contributed by atoms with van der Waals surface area (Å²) >= 11 is 19.4. The lowest BCUT2D eigenvalue weighted by atomic mass is 9.76. The van der Waals surface area contributed by atoms with E-state index in [-0.39, 0.29) is 22.3 Å². The number of halogens is 3. The molecule has 3 N–H and O–H groups in total. The Labute approximate surface area is 587 Å². The van der Waals surface area contributed by atoms with Gasteiger partial charge in [-0.2, -0.15) is 0 Å². The van der Waals surface area contributed by atoms with Gasteiger partial charge in [-0.05, 0) is 283 Å². The van der Waals surface area contributed by atoms with Gasteiger partial charge in [0.15, 0.2) is 0 Å². The SMILES string of the molecule is C.C.C.Cc1nccn1CCCC1=Cc2cc(Cl)ccc2C(C2CCNCC2)c2ncccc21.Cc1nccn1CCCC1=Cc2cc(Cl)ccc2C(C2CCNCC2)c2ncccc21.Cc1nccn1CCCC1Cc2cc(Cl)ccc2C(C2CCNCC2)c2ncccc21. The van der Waals surface area contributed by atoms with Gasteiger partial charge in [0.1, 0.15) is 17.5 Å². The number of aromatic nitrogens is 9. The minimum Gasteiger partial charge on any atom is -0.335 e. The molecule has 6 aliphatic rings. The minimum absolute atomic E-state index is 0. The summed E-state index contributed by atoms with van der Waals surface area (Å²) in [7, 11) is 0. The molecule has 0 spiro atoms. The first kappa shape index (κ1) is 71.7. The Bertz CT molecular complexity index is 3850. The second-order valence-electron chi connectivity index (χ2n) is 26.5. The number of hydrogen-bond donors (Lipinski definition) is 3. The van der Waals surface area contributed by atoms with E-state index in [0.29, 0.717) is 41.4 Å². The molecule has 0 radical (unpaired) electrons. The first-order valence-electron chi connectivity index (χ1n) is 34.3. The number of benzene rings is 3. The summed E-state index contributed by atoms with van der Waals surface area (Å²) in [6, 6.07) is 32.5. The van der Waals surface area contributed by atoms with Crippen LogP contribution in [0.1, 0.15) is 208 Å². The average molecular weight is 1350 g/mol. The molecule has 96 heavy (non-hydrogen) atoms. The molecule has 6 aromatic heterocycles. The maximum atomic E-state index is 6.48. The Kier molecular flexibility index (Phi) is 25.4. The van der Waals surface area contributed by atoms with Crippen molar-refractivity contribution in [3.8, 4) is 0 Å². The van der Waals surface area contributed by atoms with Gasteiger partial charge in [-0.1, -0.05) is 106 Å². The van der Waals surface area contributed by atoms with Crippen LogP contribution in [-0.4, -0.2) is 82.9 Å². The highest BCUT2D eigenvalue weighted by atomic mass is 35.5. The number of aryl methyl sites for hydroxylation is 6. The van der Waals surface area contributed by atoms with Gasteiger partial charge in [-0.15, -0.1) is 0 Å². The van der Waals surface area contributed by atoms with Crippen LogP contribution in [0.5, 0.6) is 0 Å². The Morgan fingerprint density at radius 2 is 0.802 bits per heavy atom. The van der Waals surface area contributed by atoms with Gasteiger partial charge in [-0.25, -0.2) is 15.0 Å². The van der Waals surface area contributed by atoms with Crippen LogP contribution in [0, 0.1) is 38.5 Å². The number of imidazole rings is 3. The zero-order chi connectivity index (χ0) is 63.6. The van der Waals surface area contributed by atoms with Gasteiger partial charge in [0.2, 0.25) is 0 Å². The summed E-state index contributed by atoms with van der Waals surface area (Å²) in [6.07, 6.45) is 37.0. The van der Waals surface area contributed by atoms with Crippen molar-refractivity contribution in [2.75, 3.05) is 39.3 Å². The predicted octanol–water partition coefficient (Wildman–Crippen LogP) is 18.8. The fraction of sp³-hybridized carbons (Fsp3) is 0.432. The average Bonchev–Trinajstić information content (AvgIpc) is 1.61. The molecule has 3 fully saturated rings. The molecule has 4 unspecified atom stereocenters. The predicted molar refractivity (Wildman–Crippen MR) is 400 cm³/mol. The van der Waals surface area contributed by atoms with Crippen LogP contribution in [-0.2, 0) is 26.1 Å². The molecular weight excluding hydrogens is 1250 g/mol. The number of piperidine rings is 3. The van der Waals surface area contributed by atoms with Gasteiger partial charge >= 0.3 is 0 Å². The summed E-state index contributed by atoms with van der Waals surface area (Å²) in [5, 5.41) is 13.0. The van der Waals surface area contributed by atoms with Crippen molar-refractivity contribution in [1.82, 2.24) is 59.6 Å². The number of allylic oxidation sites excluding steroid dienone is 2. The second-order valence-corrected chi connectivity index (χ2v) is 27.8. The second kappa shape index (κ2) is 34.0. The Morgan fingerprint density at radius 1 is 0.417 bits per heavy atom. The Hall–Kier alpha value is -7.03. The summed E-state index contributed by atoms with van der Waals surface area (Å²) in [6.45, 7) is 15.7. The van der Waals surface area contributed by atoms with Crippen molar-refractivity contribution in [2.45, 2.75) is 170 Å². The van der Waals surface area contributed by atoms with Gasteiger partial charge in [-0.3, -0.25) is 15.0 Å². The zero-order valence-electron chi connectivity index (χ0n) is 54.3. The lowest BCUT2D eigenvalue weighted by molar-refractivity contribution is 0.338. The molecule has 15 rings (SSSR count). The first-order valence-corrected chi connectivity index (χ1v) is 35.4. The number of hydrogen-bond acceptors (Lipinski definition) is 9. The maximum absolute atomic E-state index is 6.48.